The van der Waals surface area contributed by atoms with Gasteiger partial charge in [0, 0.05) is 34.1 Å². The normalized spacial score (nSPS) is 19.4. The first-order valence-corrected chi connectivity index (χ1v) is 11.2. The Labute approximate surface area is 192 Å². The van der Waals surface area contributed by atoms with Gasteiger partial charge in [-0.15, -0.1) is 0 Å². The highest BCUT2D eigenvalue weighted by atomic mass is 79.9. The van der Waals surface area contributed by atoms with Crippen molar-refractivity contribution >= 4 is 67.9 Å². The third-order valence-electron chi connectivity index (χ3n) is 5.64. The number of aromatic amines is 2. The Hall–Kier alpha value is -3.48. The van der Waals surface area contributed by atoms with Crippen LogP contribution in [0.4, 0.5) is 0 Å². The maximum atomic E-state index is 10.3. The molecule has 6 rings (SSSR count). The molecule has 0 saturated heterocycles. The van der Waals surface area contributed by atoms with Gasteiger partial charge >= 0.3 is 0 Å². The van der Waals surface area contributed by atoms with Crippen LogP contribution in [0, 0.1) is 0 Å². The average molecular weight is 483 g/mol. The fraction of sp³-hybridized carbons (Fsp3) is 0.0769. The number of allylic oxidation sites excluding steroid dienone is 2. The third-order valence-corrected chi connectivity index (χ3v) is 6.22. The Morgan fingerprint density at radius 3 is 2.09 bits per heavy atom. The molecule has 8 bridgehead atoms. The van der Waals surface area contributed by atoms with Gasteiger partial charge in [-0.2, -0.15) is 0 Å². The lowest BCUT2D eigenvalue weighted by Crippen LogP contribution is -2.17. The summed E-state index contributed by atoms with van der Waals surface area (Å²) in [4.78, 5) is 16.5. The van der Waals surface area contributed by atoms with Crippen molar-refractivity contribution in [2.24, 2.45) is 0 Å². The maximum Gasteiger partial charge on any atom is 0.141 e. The molecular formula is C26H19BrN4O. The first kappa shape index (κ1) is 19.2. The highest BCUT2D eigenvalue weighted by Gasteiger charge is 2.22. The van der Waals surface area contributed by atoms with Crippen LogP contribution in [0.15, 0.2) is 60.7 Å². The van der Waals surface area contributed by atoms with Crippen molar-refractivity contribution in [2.75, 3.05) is 0 Å². The van der Waals surface area contributed by atoms with Crippen LogP contribution in [0.25, 0.3) is 51.9 Å². The number of alkyl halides is 1. The average Bonchev–Trinajstić information content (AvgIpc) is 3.54. The standard InChI is InChI=1S/C26H19BrN4O/c27-26(32)11-9-16(10-12-26)25-23-7-5-21(30-23)14-19-3-1-17(28-19)13-18-2-4-20(29-18)15-22-6-8-24(25)31-22/h1-11,13-15,28,31-32H,12H2. The highest BCUT2D eigenvalue weighted by molar-refractivity contribution is 9.10. The van der Waals surface area contributed by atoms with E-state index in [0.29, 0.717) is 6.42 Å². The summed E-state index contributed by atoms with van der Waals surface area (Å²) in [6, 6.07) is 14.3. The van der Waals surface area contributed by atoms with Crippen LogP contribution in [0.5, 0.6) is 0 Å². The van der Waals surface area contributed by atoms with Crippen LogP contribution in [0.1, 0.15) is 34.8 Å². The Balaban J connectivity index is 1.66. The molecule has 3 aromatic rings. The van der Waals surface area contributed by atoms with Crippen molar-refractivity contribution in [2.45, 2.75) is 10.9 Å². The Morgan fingerprint density at radius 2 is 1.41 bits per heavy atom. The number of hydrogen-bond acceptors (Lipinski definition) is 3. The fourth-order valence-corrected chi connectivity index (χ4v) is 4.40. The first-order chi connectivity index (χ1) is 15.5. The number of H-pyrrole nitrogens is 2. The monoisotopic (exact) mass is 482 g/mol. The van der Waals surface area contributed by atoms with E-state index >= 15 is 0 Å². The Bertz CT molecular complexity index is 1530. The second-order valence-electron chi connectivity index (χ2n) is 8.07. The van der Waals surface area contributed by atoms with Crippen molar-refractivity contribution in [3.05, 3.63) is 89.0 Å². The lowest BCUT2D eigenvalue weighted by molar-refractivity contribution is 0.198. The lowest BCUT2D eigenvalue weighted by atomic mass is 9.97. The molecule has 2 aliphatic heterocycles. The molecule has 6 heteroatoms. The molecule has 1 unspecified atom stereocenters. The van der Waals surface area contributed by atoms with Gasteiger partial charge in [0.05, 0.1) is 22.8 Å². The van der Waals surface area contributed by atoms with Crippen molar-refractivity contribution < 1.29 is 5.11 Å². The zero-order valence-electron chi connectivity index (χ0n) is 17.0. The zero-order valence-corrected chi connectivity index (χ0v) is 18.6. The molecule has 1 aliphatic carbocycles. The number of fused-ring (bicyclic) bond motifs is 8. The van der Waals surface area contributed by atoms with Gasteiger partial charge in [-0.25, -0.2) is 9.97 Å². The number of nitrogens with one attached hydrogen (secondary N) is 2. The molecular weight excluding hydrogens is 464 g/mol. The molecule has 3 aromatic heterocycles. The van der Waals surface area contributed by atoms with Gasteiger partial charge in [0.1, 0.15) is 4.51 Å². The number of aromatic nitrogens is 4. The summed E-state index contributed by atoms with van der Waals surface area (Å²) in [7, 11) is 0. The number of hydrogen-bond donors (Lipinski definition) is 3. The van der Waals surface area contributed by atoms with E-state index in [1.54, 1.807) is 6.08 Å². The van der Waals surface area contributed by atoms with Crippen LogP contribution in [0.2, 0.25) is 0 Å². The molecule has 3 N–H and O–H groups in total. The SMILES string of the molecule is OC1(Br)C=CC(c2c3nc(cc4ccc(cc5nc(cc6ccc2[nH]6)C=C5)[nH]4)C=C3)=CC1. The van der Waals surface area contributed by atoms with E-state index in [4.69, 9.17) is 9.97 Å². The molecule has 5 nitrogen and oxygen atoms in total. The summed E-state index contributed by atoms with van der Waals surface area (Å²) < 4.78 is -1.01. The fourth-order valence-electron chi connectivity index (χ4n) is 4.10. The summed E-state index contributed by atoms with van der Waals surface area (Å²) in [5.41, 5.74) is 9.46. The van der Waals surface area contributed by atoms with Gasteiger partial charge in [0.2, 0.25) is 0 Å². The van der Waals surface area contributed by atoms with E-state index in [2.05, 4.69) is 32.0 Å². The minimum absolute atomic E-state index is 0.476. The maximum absolute atomic E-state index is 10.3. The van der Waals surface area contributed by atoms with Crippen molar-refractivity contribution in [1.82, 2.24) is 19.9 Å². The van der Waals surface area contributed by atoms with Gasteiger partial charge in [-0.05, 0) is 94.3 Å². The second-order valence-corrected chi connectivity index (χ2v) is 9.44. The van der Waals surface area contributed by atoms with Gasteiger partial charge in [-0.3, -0.25) is 0 Å². The topological polar surface area (TPSA) is 77.6 Å². The quantitative estimate of drug-likeness (QED) is 0.253. The van der Waals surface area contributed by atoms with E-state index in [9.17, 15) is 5.11 Å². The van der Waals surface area contributed by atoms with Crippen molar-refractivity contribution in [3.8, 4) is 0 Å². The minimum atomic E-state index is -1.01. The third kappa shape index (κ3) is 3.68. The van der Waals surface area contributed by atoms with E-state index in [-0.39, 0.29) is 0 Å². The van der Waals surface area contributed by atoms with Crippen LogP contribution in [0.3, 0.4) is 0 Å². The molecule has 0 saturated carbocycles. The Kier molecular flexibility index (Phi) is 4.38. The summed E-state index contributed by atoms with van der Waals surface area (Å²) >= 11 is 3.34. The molecule has 3 aliphatic rings. The van der Waals surface area contributed by atoms with Crippen LogP contribution in [-0.4, -0.2) is 29.6 Å². The minimum Gasteiger partial charge on any atom is -0.375 e. The Morgan fingerprint density at radius 1 is 0.781 bits per heavy atom. The van der Waals surface area contributed by atoms with Gasteiger partial charge in [0.15, 0.2) is 0 Å². The summed E-state index contributed by atoms with van der Waals surface area (Å²) in [6.07, 6.45) is 14.3. The molecule has 32 heavy (non-hydrogen) atoms. The predicted molar refractivity (Wildman–Crippen MR) is 134 cm³/mol. The number of nitrogens with zero attached hydrogens (tertiary/aromatic N) is 2. The van der Waals surface area contributed by atoms with Crippen molar-refractivity contribution in [1.29, 1.82) is 0 Å². The van der Waals surface area contributed by atoms with Crippen molar-refractivity contribution in [3.63, 3.8) is 0 Å². The summed E-state index contributed by atoms with van der Waals surface area (Å²) in [5.74, 6) is 0. The molecule has 0 aromatic carbocycles. The molecule has 1 atom stereocenters. The summed E-state index contributed by atoms with van der Waals surface area (Å²) in [6.45, 7) is 0. The van der Waals surface area contributed by atoms with Gasteiger partial charge in [0.25, 0.3) is 0 Å². The molecule has 0 radical (unpaired) electrons. The molecule has 5 heterocycles. The van der Waals surface area contributed by atoms with Gasteiger partial charge < -0.3 is 15.1 Å². The largest absolute Gasteiger partial charge is 0.375 e. The molecule has 0 spiro atoms. The first-order valence-electron chi connectivity index (χ1n) is 10.4. The lowest BCUT2D eigenvalue weighted by Gasteiger charge is -2.20. The van der Waals surface area contributed by atoms with Gasteiger partial charge in [-0.1, -0.05) is 12.2 Å². The zero-order chi connectivity index (χ0) is 21.7. The van der Waals surface area contributed by atoms with Crippen LogP contribution >= 0.6 is 15.9 Å². The molecule has 0 fully saturated rings. The van der Waals surface area contributed by atoms with E-state index in [1.165, 1.54) is 0 Å². The van der Waals surface area contributed by atoms with E-state index in [0.717, 1.165) is 56.0 Å². The van der Waals surface area contributed by atoms with E-state index < -0.39 is 4.51 Å². The second kappa shape index (κ2) is 7.29. The number of rotatable bonds is 1. The highest BCUT2D eigenvalue weighted by Crippen LogP contribution is 2.34. The van der Waals surface area contributed by atoms with E-state index in [1.807, 2.05) is 72.9 Å². The molecule has 156 valence electrons. The van der Waals surface area contributed by atoms with Crippen LogP contribution < -0.4 is 0 Å². The molecule has 0 amide bonds. The smallest absolute Gasteiger partial charge is 0.141 e. The number of halogens is 1. The number of aliphatic hydroxyl groups is 1. The van der Waals surface area contributed by atoms with Crippen LogP contribution in [-0.2, 0) is 0 Å². The predicted octanol–water partition coefficient (Wildman–Crippen LogP) is 6.08. The summed E-state index contributed by atoms with van der Waals surface area (Å²) in [5, 5.41) is 10.3.